The van der Waals surface area contributed by atoms with E-state index in [4.69, 9.17) is 4.52 Å². The highest BCUT2D eigenvalue weighted by Gasteiger charge is 2.16. The zero-order chi connectivity index (χ0) is 21.0. The fourth-order valence-corrected chi connectivity index (χ4v) is 3.06. The summed E-state index contributed by atoms with van der Waals surface area (Å²) in [5.41, 5.74) is 5.55. The van der Waals surface area contributed by atoms with Gasteiger partial charge in [0.25, 0.3) is 0 Å². The summed E-state index contributed by atoms with van der Waals surface area (Å²) >= 11 is 0. The molecule has 4 rings (SSSR count). The summed E-state index contributed by atoms with van der Waals surface area (Å²) in [5, 5.41) is 7.18. The van der Waals surface area contributed by atoms with E-state index in [0.29, 0.717) is 12.2 Å². The maximum absolute atomic E-state index is 5.29. The molecule has 152 valence electrons. The maximum atomic E-state index is 5.29. The van der Waals surface area contributed by atoms with E-state index in [0.717, 1.165) is 45.5 Å². The first-order chi connectivity index (χ1) is 13.9. The lowest BCUT2D eigenvalue weighted by Crippen LogP contribution is -2.05. The van der Waals surface area contributed by atoms with E-state index in [9.17, 15) is 0 Å². The van der Waals surface area contributed by atoms with Crippen LogP contribution in [-0.4, -0.2) is 31.7 Å². The first-order valence-corrected chi connectivity index (χ1v) is 9.76. The van der Waals surface area contributed by atoms with Crippen LogP contribution in [0.15, 0.2) is 41.3 Å². The van der Waals surface area contributed by atoms with Crippen LogP contribution in [0.5, 0.6) is 0 Å². The average molecular weight is 393 g/mol. The topological polar surface area (TPSA) is 81.7 Å². The largest absolute Gasteiger partial charge is 0.361 e. The molecule has 0 bridgehead atoms. The Hall–Kier alpha value is -3.22. The van der Waals surface area contributed by atoms with Gasteiger partial charge in [-0.15, -0.1) is 0 Å². The number of fused-ring (bicyclic) bond motifs is 1. The Morgan fingerprint density at radius 3 is 2.52 bits per heavy atom. The molecular formula is C22H28N6O. The van der Waals surface area contributed by atoms with Crippen LogP contribution in [0.3, 0.4) is 0 Å². The van der Waals surface area contributed by atoms with Gasteiger partial charge in [-0.05, 0) is 37.5 Å². The van der Waals surface area contributed by atoms with Crippen molar-refractivity contribution in [2.24, 2.45) is 5.92 Å². The summed E-state index contributed by atoms with van der Waals surface area (Å²) in [6.45, 7) is 11.0. The number of imidazole rings is 1. The molecular weight excluding hydrogens is 364 g/mol. The van der Waals surface area contributed by atoms with Crippen LogP contribution in [-0.2, 0) is 6.54 Å². The molecule has 0 fully saturated rings. The van der Waals surface area contributed by atoms with Gasteiger partial charge in [0.1, 0.15) is 5.76 Å². The number of aryl methyl sites for hydroxylation is 2. The van der Waals surface area contributed by atoms with Gasteiger partial charge in [-0.3, -0.25) is 4.98 Å². The molecule has 0 saturated heterocycles. The smallest absolute Gasteiger partial charge is 0.205 e. The Kier molecular flexibility index (Phi) is 6.26. The van der Waals surface area contributed by atoms with E-state index < -0.39 is 0 Å². The minimum Gasteiger partial charge on any atom is -0.361 e. The van der Waals surface area contributed by atoms with Crippen LogP contribution in [0.1, 0.15) is 37.8 Å². The number of hydrogen-bond acceptors (Lipinski definition) is 6. The quantitative estimate of drug-likeness (QED) is 0.535. The van der Waals surface area contributed by atoms with E-state index in [1.54, 1.807) is 6.20 Å². The van der Waals surface area contributed by atoms with Gasteiger partial charge < -0.3 is 14.4 Å². The predicted octanol–water partition coefficient (Wildman–Crippen LogP) is 4.85. The van der Waals surface area contributed by atoms with E-state index in [1.807, 2.05) is 45.4 Å². The molecule has 4 heterocycles. The van der Waals surface area contributed by atoms with Crippen LogP contribution >= 0.6 is 0 Å². The van der Waals surface area contributed by atoms with Crippen molar-refractivity contribution >= 4 is 17.1 Å². The lowest BCUT2D eigenvalue weighted by Gasteiger charge is -2.09. The number of hydrogen-bond donors (Lipinski definition) is 1. The number of nitrogens with one attached hydrogen (secondary N) is 1. The third-order valence-corrected chi connectivity index (χ3v) is 4.21. The van der Waals surface area contributed by atoms with Crippen molar-refractivity contribution in [2.45, 2.75) is 41.2 Å². The Labute approximate surface area is 171 Å². The van der Waals surface area contributed by atoms with E-state index >= 15 is 0 Å². The van der Waals surface area contributed by atoms with Crippen molar-refractivity contribution in [1.82, 2.24) is 24.7 Å². The highest BCUT2D eigenvalue weighted by atomic mass is 16.5. The Balaban J connectivity index is 0.000000552. The van der Waals surface area contributed by atoms with Gasteiger partial charge in [-0.2, -0.15) is 4.98 Å². The molecule has 4 aromatic rings. The molecule has 0 aliphatic heterocycles. The minimum atomic E-state index is 0.660. The number of anilines is 1. The second kappa shape index (κ2) is 8.86. The van der Waals surface area contributed by atoms with E-state index in [2.05, 4.69) is 56.8 Å². The Morgan fingerprint density at radius 1 is 1.17 bits per heavy atom. The molecule has 1 N–H and O–H groups in total. The van der Waals surface area contributed by atoms with Gasteiger partial charge in [-0.25, -0.2) is 4.98 Å². The molecule has 0 spiro atoms. The third-order valence-electron chi connectivity index (χ3n) is 4.21. The SMILES string of the molecule is CC(C)C.CNc1nc2ncc(-c3c(C)noc3C)cc2n1Cc1cccnc1. The fourth-order valence-electron chi connectivity index (χ4n) is 3.06. The molecule has 4 aromatic heterocycles. The lowest BCUT2D eigenvalue weighted by molar-refractivity contribution is 0.393. The fraction of sp³-hybridized carbons (Fsp3) is 0.364. The summed E-state index contributed by atoms with van der Waals surface area (Å²) in [6, 6.07) is 6.06. The van der Waals surface area contributed by atoms with Gasteiger partial charge >= 0.3 is 0 Å². The number of pyridine rings is 2. The molecule has 29 heavy (non-hydrogen) atoms. The third kappa shape index (κ3) is 4.62. The number of rotatable bonds is 4. The van der Waals surface area contributed by atoms with Crippen molar-refractivity contribution in [3.63, 3.8) is 0 Å². The average Bonchev–Trinajstić information content (AvgIpc) is 3.21. The monoisotopic (exact) mass is 392 g/mol. The number of nitrogens with zero attached hydrogens (tertiary/aromatic N) is 5. The van der Waals surface area contributed by atoms with Crippen molar-refractivity contribution in [2.75, 3.05) is 12.4 Å². The summed E-state index contributed by atoms with van der Waals surface area (Å²) < 4.78 is 7.39. The molecule has 0 atom stereocenters. The van der Waals surface area contributed by atoms with Gasteiger partial charge in [0.15, 0.2) is 5.65 Å². The molecule has 0 saturated carbocycles. The molecule has 0 radical (unpaired) electrons. The molecule has 7 nitrogen and oxygen atoms in total. The van der Waals surface area contributed by atoms with Crippen LogP contribution in [0.25, 0.3) is 22.3 Å². The second-order valence-electron chi connectivity index (χ2n) is 7.63. The normalized spacial score (nSPS) is 10.9. The highest BCUT2D eigenvalue weighted by molar-refractivity contribution is 5.81. The summed E-state index contributed by atoms with van der Waals surface area (Å²) in [6.07, 6.45) is 5.44. The van der Waals surface area contributed by atoms with Crippen molar-refractivity contribution in [1.29, 1.82) is 0 Å². The second-order valence-corrected chi connectivity index (χ2v) is 7.63. The first-order valence-electron chi connectivity index (χ1n) is 9.76. The van der Waals surface area contributed by atoms with Crippen LogP contribution in [0.4, 0.5) is 5.95 Å². The molecule has 0 amide bonds. The highest BCUT2D eigenvalue weighted by Crippen LogP contribution is 2.29. The zero-order valence-corrected chi connectivity index (χ0v) is 17.9. The van der Waals surface area contributed by atoms with E-state index in [1.165, 1.54) is 0 Å². The minimum absolute atomic E-state index is 0.660. The predicted molar refractivity (Wildman–Crippen MR) is 116 cm³/mol. The van der Waals surface area contributed by atoms with Gasteiger partial charge in [0.2, 0.25) is 5.95 Å². The molecule has 0 aliphatic rings. The van der Waals surface area contributed by atoms with Crippen LogP contribution < -0.4 is 5.32 Å². The molecule has 7 heteroatoms. The van der Waals surface area contributed by atoms with Crippen LogP contribution in [0, 0.1) is 19.8 Å². The summed E-state index contributed by atoms with van der Waals surface area (Å²) in [5.74, 6) is 2.38. The van der Waals surface area contributed by atoms with Crippen LogP contribution in [0.2, 0.25) is 0 Å². The van der Waals surface area contributed by atoms with Gasteiger partial charge in [-0.1, -0.05) is 32.0 Å². The maximum Gasteiger partial charge on any atom is 0.205 e. The summed E-state index contributed by atoms with van der Waals surface area (Å²) in [7, 11) is 1.86. The van der Waals surface area contributed by atoms with Crippen molar-refractivity contribution in [3.05, 3.63) is 53.8 Å². The zero-order valence-electron chi connectivity index (χ0n) is 17.9. The molecule has 0 aromatic carbocycles. The lowest BCUT2D eigenvalue weighted by atomic mass is 10.1. The van der Waals surface area contributed by atoms with Gasteiger partial charge in [0, 0.05) is 36.8 Å². The van der Waals surface area contributed by atoms with E-state index in [-0.39, 0.29) is 0 Å². The van der Waals surface area contributed by atoms with Gasteiger partial charge in [0.05, 0.1) is 17.8 Å². The standard InChI is InChI=1S/C18H18N6O.C4H10/c1-11-16(12(2)25-23-11)14-7-15-17(21-9-14)22-18(19-3)24(15)10-13-5-4-6-20-8-13;1-4(2)3/h4-9H,10H2,1-3H3,(H,19,21,22);4H,1-3H3. The number of aromatic nitrogens is 5. The Bertz CT molecular complexity index is 1060. The van der Waals surface area contributed by atoms with Crippen molar-refractivity contribution in [3.8, 4) is 11.1 Å². The molecule has 0 aliphatic carbocycles. The van der Waals surface area contributed by atoms with Crippen molar-refractivity contribution < 1.29 is 4.52 Å². The molecule has 0 unspecified atom stereocenters. The first kappa shape index (κ1) is 20.5. The Morgan fingerprint density at radius 2 is 1.93 bits per heavy atom. The summed E-state index contributed by atoms with van der Waals surface area (Å²) in [4.78, 5) is 13.3.